The number of thioether (sulfide) groups is 1. The van der Waals surface area contributed by atoms with Crippen LogP contribution >= 0.6 is 11.8 Å². The minimum atomic E-state index is -0.424. The maximum Gasteiger partial charge on any atom is 0.219 e. The van der Waals surface area contributed by atoms with Crippen LogP contribution in [0.15, 0.2) is 53.5 Å². The van der Waals surface area contributed by atoms with Gasteiger partial charge >= 0.3 is 0 Å². The molecule has 1 fully saturated rings. The number of hydrogen-bond acceptors (Lipinski definition) is 9. The molecule has 9 nitrogen and oxygen atoms in total. The molecule has 1 saturated heterocycles. The molecule has 206 valence electrons. The average molecular weight is 544 g/mol. The van der Waals surface area contributed by atoms with Crippen molar-refractivity contribution in [2.75, 3.05) is 35.4 Å². The number of hydrogen-bond donors (Lipinski definition) is 1. The highest BCUT2D eigenvalue weighted by Gasteiger charge is 2.51. The SMILES string of the molecule is CNC(=O)CC[C@H]1O[C@@H]2SC(N(C)C)=N[C@@H]2[C@@H](OCc2ccc(OC)cc2)[C@@H]1OCc1ccc(OC)cc1. The van der Waals surface area contributed by atoms with Crippen LogP contribution in [-0.2, 0) is 32.2 Å². The zero-order chi connectivity index (χ0) is 27.1. The molecule has 0 aliphatic carbocycles. The van der Waals surface area contributed by atoms with Gasteiger partial charge in [0.2, 0.25) is 5.91 Å². The van der Waals surface area contributed by atoms with E-state index in [4.69, 9.17) is 28.7 Å². The Kier molecular flexibility index (Phi) is 9.90. The summed E-state index contributed by atoms with van der Waals surface area (Å²) in [7, 11) is 8.87. The Morgan fingerprint density at radius 1 is 0.947 bits per heavy atom. The molecular weight excluding hydrogens is 506 g/mol. The van der Waals surface area contributed by atoms with E-state index in [0.717, 1.165) is 27.8 Å². The monoisotopic (exact) mass is 543 g/mol. The lowest BCUT2D eigenvalue weighted by atomic mass is 9.94. The van der Waals surface area contributed by atoms with Crippen LogP contribution in [0.4, 0.5) is 0 Å². The van der Waals surface area contributed by atoms with Crippen molar-refractivity contribution >= 4 is 22.8 Å². The molecule has 2 heterocycles. The fraction of sp³-hybridized carbons (Fsp3) is 0.500. The van der Waals surface area contributed by atoms with E-state index in [-0.39, 0.29) is 29.6 Å². The summed E-state index contributed by atoms with van der Waals surface area (Å²) in [6, 6.07) is 15.4. The van der Waals surface area contributed by atoms with E-state index < -0.39 is 6.10 Å². The van der Waals surface area contributed by atoms with E-state index >= 15 is 0 Å². The third-order valence-electron chi connectivity index (χ3n) is 6.62. The van der Waals surface area contributed by atoms with Gasteiger partial charge < -0.3 is 33.9 Å². The Labute approximate surface area is 228 Å². The first-order valence-electron chi connectivity index (χ1n) is 12.7. The Morgan fingerprint density at radius 2 is 1.50 bits per heavy atom. The van der Waals surface area contributed by atoms with Crippen molar-refractivity contribution < 1.29 is 28.5 Å². The van der Waals surface area contributed by atoms with E-state index in [1.54, 1.807) is 33.0 Å². The Balaban J connectivity index is 1.58. The van der Waals surface area contributed by atoms with Gasteiger partial charge in [-0.1, -0.05) is 36.0 Å². The summed E-state index contributed by atoms with van der Waals surface area (Å²) in [5.41, 5.74) is 1.81. The summed E-state index contributed by atoms with van der Waals surface area (Å²) < 4.78 is 30.2. The van der Waals surface area contributed by atoms with Crippen LogP contribution in [0.3, 0.4) is 0 Å². The molecule has 0 unspecified atom stereocenters. The van der Waals surface area contributed by atoms with Gasteiger partial charge in [0.25, 0.3) is 0 Å². The van der Waals surface area contributed by atoms with Gasteiger partial charge in [-0.2, -0.15) is 0 Å². The predicted molar refractivity (Wildman–Crippen MR) is 148 cm³/mol. The molecule has 2 aromatic carbocycles. The third-order valence-corrected chi connectivity index (χ3v) is 7.92. The van der Waals surface area contributed by atoms with Gasteiger partial charge in [0.15, 0.2) is 5.17 Å². The number of benzene rings is 2. The van der Waals surface area contributed by atoms with Crippen molar-refractivity contribution in [1.29, 1.82) is 0 Å². The highest BCUT2D eigenvalue weighted by Crippen LogP contribution is 2.40. The minimum Gasteiger partial charge on any atom is -0.497 e. The molecular formula is C28H37N3O6S. The zero-order valence-electron chi connectivity index (χ0n) is 22.6. The number of nitrogens with one attached hydrogen (secondary N) is 1. The van der Waals surface area contributed by atoms with Crippen molar-refractivity contribution in [2.45, 2.75) is 55.8 Å². The van der Waals surface area contributed by atoms with Gasteiger partial charge in [0, 0.05) is 27.6 Å². The molecule has 0 spiro atoms. The molecule has 38 heavy (non-hydrogen) atoms. The van der Waals surface area contributed by atoms with Crippen molar-refractivity contribution in [3.63, 3.8) is 0 Å². The molecule has 0 aromatic heterocycles. The summed E-state index contributed by atoms with van der Waals surface area (Å²) in [5, 5.41) is 3.59. The maximum atomic E-state index is 12.1. The molecule has 0 saturated carbocycles. The smallest absolute Gasteiger partial charge is 0.219 e. The normalized spacial score (nSPS) is 24.3. The molecule has 1 amide bonds. The number of amidine groups is 1. The Morgan fingerprint density at radius 3 is 2.00 bits per heavy atom. The molecule has 4 rings (SSSR count). The van der Waals surface area contributed by atoms with E-state index in [1.165, 1.54) is 0 Å². The highest BCUT2D eigenvalue weighted by atomic mass is 32.2. The summed E-state index contributed by atoms with van der Waals surface area (Å²) in [4.78, 5) is 19.1. The summed E-state index contributed by atoms with van der Waals surface area (Å²) in [6.07, 6.45) is -0.285. The van der Waals surface area contributed by atoms with Gasteiger partial charge in [0.05, 0.1) is 33.5 Å². The van der Waals surface area contributed by atoms with Gasteiger partial charge in [-0.15, -0.1) is 0 Å². The summed E-state index contributed by atoms with van der Waals surface area (Å²) >= 11 is 1.58. The Hall–Kier alpha value is -2.79. The van der Waals surface area contributed by atoms with Crippen LogP contribution in [0.5, 0.6) is 11.5 Å². The van der Waals surface area contributed by atoms with Crippen molar-refractivity contribution in [3.05, 3.63) is 59.7 Å². The molecule has 2 aromatic rings. The average Bonchev–Trinajstić information content (AvgIpc) is 3.38. The highest BCUT2D eigenvalue weighted by molar-refractivity contribution is 8.14. The molecule has 10 heteroatoms. The van der Waals surface area contributed by atoms with Crippen LogP contribution in [0.1, 0.15) is 24.0 Å². The molecule has 2 aliphatic heterocycles. The maximum absolute atomic E-state index is 12.1. The lowest BCUT2D eigenvalue weighted by molar-refractivity contribution is -0.199. The van der Waals surface area contributed by atoms with E-state index in [9.17, 15) is 4.79 Å². The number of ether oxygens (including phenoxy) is 5. The fourth-order valence-corrected chi connectivity index (χ4v) is 5.61. The zero-order valence-corrected chi connectivity index (χ0v) is 23.4. The molecule has 2 aliphatic rings. The van der Waals surface area contributed by atoms with Crippen molar-refractivity contribution in [1.82, 2.24) is 10.2 Å². The number of aliphatic imine (C=N–C) groups is 1. The molecule has 0 radical (unpaired) electrons. The number of carbonyl (C=O) groups is 1. The molecule has 1 N–H and O–H groups in total. The topological polar surface area (TPSA) is 90.9 Å². The van der Waals surface area contributed by atoms with Crippen LogP contribution in [0, 0.1) is 0 Å². The van der Waals surface area contributed by atoms with Crippen LogP contribution < -0.4 is 14.8 Å². The second-order valence-corrected chi connectivity index (χ2v) is 10.5. The first-order chi connectivity index (χ1) is 18.4. The van der Waals surface area contributed by atoms with Crippen molar-refractivity contribution in [3.8, 4) is 11.5 Å². The minimum absolute atomic E-state index is 0.0374. The third kappa shape index (κ3) is 6.99. The lowest BCUT2D eigenvalue weighted by Gasteiger charge is -2.43. The van der Waals surface area contributed by atoms with Crippen LogP contribution in [0.25, 0.3) is 0 Å². The van der Waals surface area contributed by atoms with E-state index in [2.05, 4.69) is 5.32 Å². The van der Waals surface area contributed by atoms with Gasteiger partial charge in [-0.25, -0.2) is 0 Å². The number of nitrogens with zero attached hydrogens (tertiary/aromatic N) is 2. The number of methoxy groups -OCH3 is 2. The summed E-state index contributed by atoms with van der Waals surface area (Å²) in [5.74, 6) is 1.54. The van der Waals surface area contributed by atoms with Crippen molar-refractivity contribution in [2.24, 2.45) is 4.99 Å². The first-order valence-corrected chi connectivity index (χ1v) is 13.6. The number of rotatable bonds is 11. The molecule has 5 atom stereocenters. The van der Waals surface area contributed by atoms with Crippen LogP contribution in [0.2, 0.25) is 0 Å². The second-order valence-electron chi connectivity index (χ2n) is 9.42. The van der Waals surface area contributed by atoms with Gasteiger partial charge in [-0.05, 0) is 41.8 Å². The quantitative estimate of drug-likeness (QED) is 0.461. The van der Waals surface area contributed by atoms with E-state index in [1.807, 2.05) is 67.5 Å². The largest absolute Gasteiger partial charge is 0.497 e. The Bertz CT molecular complexity index is 1080. The van der Waals surface area contributed by atoms with Gasteiger partial charge in [0.1, 0.15) is 35.2 Å². The first kappa shape index (κ1) is 28.2. The number of carbonyl (C=O) groups excluding carboxylic acids is 1. The van der Waals surface area contributed by atoms with E-state index in [0.29, 0.717) is 26.1 Å². The second kappa shape index (κ2) is 13.3. The van der Waals surface area contributed by atoms with Crippen LogP contribution in [-0.4, -0.2) is 81.1 Å². The summed E-state index contributed by atoms with van der Waals surface area (Å²) in [6.45, 7) is 0.756. The number of amides is 1. The number of fused-ring (bicyclic) bond motifs is 1. The predicted octanol–water partition coefficient (Wildman–Crippen LogP) is 3.46. The van der Waals surface area contributed by atoms with Gasteiger partial charge in [-0.3, -0.25) is 9.79 Å². The molecule has 0 bridgehead atoms. The fourth-order valence-electron chi connectivity index (χ4n) is 4.46. The lowest BCUT2D eigenvalue weighted by Crippen LogP contribution is -2.56. The standard InChI is InChI=1S/C28H37N3O6S/c1-29-23(32)15-14-22-25(35-16-18-6-10-20(33-4)11-7-18)26(24-27(37-22)38-28(30-24)31(2)3)36-17-19-8-12-21(34-5)13-9-19/h6-13,22,24-27H,14-17H2,1-5H3,(H,29,32)/t22-,24-,25-,26-,27-/m1/s1.